The highest BCUT2D eigenvalue weighted by Gasteiger charge is 2.12. The summed E-state index contributed by atoms with van der Waals surface area (Å²) >= 11 is 3.62. The van der Waals surface area contributed by atoms with Crippen LogP contribution in [-0.4, -0.2) is 56.3 Å². The lowest BCUT2D eigenvalue weighted by Crippen LogP contribution is -2.35. The van der Waals surface area contributed by atoms with Crippen LogP contribution in [0.1, 0.15) is 33.6 Å². The SMILES string of the molecule is CCCC(CBr)CN(CCOCC)CCOCC. The van der Waals surface area contributed by atoms with Crippen molar-refractivity contribution in [3.05, 3.63) is 0 Å². The molecule has 0 aromatic carbocycles. The predicted molar refractivity (Wildman–Crippen MR) is 81.6 cm³/mol. The second-order valence-electron chi connectivity index (χ2n) is 4.50. The maximum Gasteiger partial charge on any atom is 0.0593 e. The summed E-state index contributed by atoms with van der Waals surface area (Å²) in [7, 11) is 0. The third kappa shape index (κ3) is 10.3. The monoisotopic (exact) mass is 323 g/mol. The van der Waals surface area contributed by atoms with Gasteiger partial charge in [0.2, 0.25) is 0 Å². The standard InChI is InChI=1S/C14H30BrNO2/c1-4-7-14(12-15)13-16(8-10-17-5-2)9-11-18-6-3/h14H,4-13H2,1-3H3. The second kappa shape index (κ2) is 13.8. The molecule has 0 saturated carbocycles. The summed E-state index contributed by atoms with van der Waals surface area (Å²) in [5.41, 5.74) is 0. The first-order valence-corrected chi connectivity index (χ1v) is 8.34. The van der Waals surface area contributed by atoms with E-state index in [-0.39, 0.29) is 0 Å². The van der Waals surface area contributed by atoms with Crippen LogP contribution in [0.2, 0.25) is 0 Å². The van der Waals surface area contributed by atoms with Crippen molar-refractivity contribution in [3.63, 3.8) is 0 Å². The van der Waals surface area contributed by atoms with E-state index in [1.807, 2.05) is 13.8 Å². The van der Waals surface area contributed by atoms with E-state index < -0.39 is 0 Å². The van der Waals surface area contributed by atoms with Gasteiger partial charge in [-0.25, -0.2) is 0 Å². The van der Waals surface area contributed by atoms with E-state index in [2.05, 4.69) is 27.8 Å². The largest absolute Gasteiger partial charge is 0.380 e. The lowest BCUT2D eigenvalue weighted by atomic mass is 10.1. The summed E-state index contributed by atoms with van der Waals surface area (Å²) in [5.74, 6) is 0.734. The smallest absolute Gasteiger partial charge is 0.0593 e. The van der Waals surface area contributed by atoms with Gasteiger partial charge in [0.1, 0.15) is 0 Å². The Kier molecular flexibility index (Phi) is 14.1. The lowest BCUT2D eigenvalue weighted by Gasteiger charge is -2.26. The summed E-state index contributed by atoms with van der Waals surface area (Å²) in [5, 5.41) is 1.08. The number of rotatable bonds is 13. The van der Waals surface area contributed by atoms with Crippen LogP contribution in [0.5, 0.6) is 0 Å². The molecule has 4 heteroatoms. The van der Waals surface area contributed by atoms with Crippen LogP contribution < -0.4 is 0 Å². The maximum absolute atomic E-state index is 5.45. The van der Waals surface area contributed by atoms with E-state index in [1.54, 1.807) is 0 Å². The van der Waals surface area contributed by atoms with Crippen molar-refractivity contribution in [3.8, 4) is 0 Å². The third-order valence-corrected chi connectivity index (χ3v) is 3.86. The second-order valence-corrected chi connectivity index (χ2v) is 5.15. The topological polar surface area (TPSA) is 21.7 Å². The summed E-state index contributed by atoms with van der Waals surface area (Å²) in [6, 6.07) is 0. The first-order valence-electron chi connectivity index (χ1n) is 7.22. The van der Waals surface area contributed by atoms with E-state index in [9.17, 15) is 0 Å². The van der Waals surface area contributed by atoms with E-state index >= 15 is 0 Å². The molecule has 1 atom stereocenters. The van der Waals surface area contributed by atoms with Gasteiger partial charge in [-0.3, -0.25) is 4.90 Å². The molecule has 0 aliphatic carbocycles. The molecular weight excluding hydrogens is 294 g/mol. The van der Waals surface area contributed by atoms with Gasteiger partial charge in [-0.1, -0.05) is 29.3 Å². The van der Waals surface area contributed by atoms with Gasteiger partial charge in [0.25, 0.3) is 0 Å². The fourth-order valence-corrected chi connectivity index (χ4v) is 2.49. The Bertz CT molecular complexity index is 160. The van der Waals surface area contributed by atoms with Gasteiger partial charge < -0.3 is 9.47 Å². The molecule has 110 valence electrons. The van der Waals surface area contributed by atoms with Gasteiger partial charge in [0, 0.05) is 38.2 Å². The molecule has 0 N–H and O–H groups in total. The minimum atomic E-state index is 0.734. The molecule has 18 heavy (non-hydrogen) atoms. The minimum Gasteiger partial charge on any atom is -0.380 e. The quantitative estimate of drug-likeness (QED) is 0.384. The number of hydrogen-bond acceptors (Lipinski definition) is 3. The minimum absolute atomic E-state index is 0.734. The molecule has 0 fully saturated rings. The van der Waals surface area contributed by atoms with Crippen molar-refractivity contribution in [1.82, 2.24) is 4.90 Å². The highest BCUT2D eigenvalue weighted by Crippen LogP contribution is 2.11. The fourth-order valence-electron chi connectivity index (χ4n) is 1.96. The molecule has 0 aliphatic rings. The molecule has 0 aliphatic heterocycles. The molecule has 0 amide bonds. The number of halogens is 1. The zero-order valence-electron chi connectivity index (χ0n) is 12.3. The van der Waals surface area contributed by atoms with Crippen molar-refractivity contribution in [2.24, 2.45) is 5.92 Å². The number of hydrogen-bond donors (Lipinski definition) is 0. The molecule has 0 rings (SSSR count). The van der Waals surface area contributed by atoms with Crippen LogP contribution >= 0.6 is 15.9 Å². The zero-order chi connectivity index (χ0) is 13.6. The Morgan fingerprint density at radius 3 is 1.94 bits per heavy atom. The number of nitrogens with zero attached hydrogens (tertiary/aromatic N) is 1. The summed E-state index contributed by atoms with van der Waals surface area (Å²) in [4.78, 5) is 2.47. The maximum atomic E-state index is 5.45. The summed E-state index contributed by atoms with van der Waals surface area (Å²) in [6.07, 6.45) is 2.53. The van der Waals surface area contributed by atoms with Crippen molar-refractivity contribution in [2.45, 2.75) is 33.6 Å². The van der Waals surface area contributed by atoms with E-state index in [4.69, 9.17) is 9.47 Å². The van der Waals surface area contributed by atoms with E-state index in [1.165, 1.54) is 12.8 Å². The molecule has 0 spiro atoms. The van der Waals surface area contributed by atoms with Gasteiger partial charge in [0.05, 0.1) is 13.2 Å². The first kappa shape index (κ1) is 18.4. The van der Waals surface area contributed by atoms with Crippen LogP contribution in [0.25, 0.3) is 0 Å². The Labute approximate surface area is 121 Å². The van der Waals surface area contributed by atoms with Gasteiger partial charge in [-0.05, 0) is 26.2 Å². The van der Waals surface area contributed by atoms with Crippen molar-refractivity contribution >= 4 is 15.9 Å². The highest BCUT2D eigenvalue weighted by molar-refractivity contribution is 9.09. The molecule has 0 aromatic rings. The Hall–Kier alpha value is 0.360. The summed E-state index contributed by atoms with van der Waals surface area (Å²) < 4.78 is 10.9. The van der Waals surface area contributed by atoms with Gasteiger partial charge in [-0.2, -0.15) is 0 Å². The number of ether oxygens (including phenoxy) is 2. The van der Waals surface area contributed by atoms with Crippen LogP contribution in [0.3, 0.4) is 0 Å². The van der Waals surface area contributed by atoms with Gasteiger partial charge in [0.15, 0.2) is 0 Å². The van der Waals surface area contributed by atoms with Gasteiger partial charge >= 0.3 is 0 Å². The van der Waals surface area contributed by atoms with E-state index in [0.717, 1.165) is 57.3 Å². The first-order chi connectivity index (χ1) is 8.78. The molecule has 0 heterocycles. The lowest BCUT2D eigenvalue weighted by molar-refractivity contribution is 0.0765. The molecule has 0 saturated heterocycles. The van der Waals surface area contributed by atoms with E-state index in [0.29, 0.717) is 0 Å². The fraction of sp³-hybridized carbons (Fsp3) is 1.00. The normalized spacial score (nSPS) is 13.2. The predicted octanol–water partition coefficient (Wildman–Crippen LogP) is 3.17. The molecule has 0 radical (unpaired) electrons. The Balaban J connectivity index is 3.99. The van der Waals surface area contributed by atoms with Crippen molar-refractivity contribution in [1.29, 1.82) is 0 Å². The van der Waals surface area contributed by atoms with Gasteiger partial charge in [-0.15, -0.1) is 0 Å². The molecule has 0 bridgehead atoms. The number of alkyl halides is 1. The average Bonchev–Trinajstić information content (AvgIpc) is 2.38. The average molecular weight is 324 g/mol. The molecular formula is C14H30BrNO2. The van der Waals surface area contributed by atoms with Crippen LogP contribution in [0, 0.1) is 5.92 Å². The summed E-state index contributed by atoms with van der Waals surface area (Å²) in [6.45, 7) is 12.7. The van der Waals surface area contributed by atoms with Crippen molar-refractivity contribution in [2.75, 3.05) is 51.4 Å². The Morgan fingerprint density at radius 1 is 1.00 bits per heavy atom. The van der Waals surface area contributed by atoms with Crippen LogP contribution in [0.15, 0.2) is 0 Å². The van der Waals surface area contributed by atoms with Crippen LogP contribution in [-0.2, 0) is 9.47 Å². The van der Waals surface area contributed by atoms with Crippen LogP contribution in [0.4, 0.5) is 0 Å². The molecule has 3 nitrogen and oxygen atoms in total. The van der Waals surface area contributed by atoms with Crippen molar-refractivity contribution < 1.29 is 9.47 Å². The third-order valence-electron chi connectivity index (χ3n) is 2.94. The highest BCUT2D eigenvalue weighted by atomic mass is 79.9. The zero-order valence-corrected chi connectivity index (χ0v) is 13.9. The Morgan fingerprint density at radius 2 is 1.56 bits per heavy atom. The molecule has 0 aromatic heterocycles. The molecule has 1 unspecified atom stereocenters.